The quantitative estimate of drug-likeness (QED) is 0.345. The molecule has 0 aliphatic rings. The van der Waals surface area contributed by atoms with Crippen molar-refractivity contribution in [3.63, 3.8) is 0 Å². The van der Waals surface area contributed by atoms with Crippen LogP contribution in [0.3, 0.4) is 0 Å². The van der Waals surface area contributed by atoms with E-state index in [-0.39, 0.29) is 11.5 Å². The van der Waals surface area contributed by atoms with Crippen molar-refractivity contribution in [2.45, 2.75) is 6.92 Å². The van der Waals surface area contributed by atoms with E-state index >= 15 is 0 Å². The molecule has 0 aliphatic carbocycles. The fourth-order valence-electron chi connectivity index (χ4n) is 1.23. The predicted molar refractivity (Wildman–Crippen MR) is 57.6 cm³/mol. The number of carbonyl (C=O) groups excluding carboxylic acids is 1. The van der Waals surface area contributed by atoms with Crippen molar-refractivity contribution < 1.29 is 24.1 Å². The fourth-order valence-corrected chi connectivity index (χ4v) is 1.23. The molecule has 0 heterocycles. The van der Waals surface area contributed by atoms with E-state index in [1.807, 2.05) is 0 Å². The first-order valence-electron chi connectivity index (χ1n) is 4.56. The van der Waals surface area contributed by atoms with Gasteiger partial charge < -0.3 is 9.47 Å². The zero-order valence-electron chi connectivity index (χ0n) is 9.41. The average Bonchev–Trinajstić information content (AvgIpc) is 2.27. The number of hydrogen-bond donors (Lipinski definition) is 0. The fraction of sp³-hybridized carbons (Fsp3) is 0.222. The molecule has 1 aromatic carbocycles. The number of benzene rings is 1. The molecular formula is C9H8N2O7. The molecule has 0 saturated carbocycles. The first-order valence-corrected chi connectivity index (χ1v) is 4.56. The van der Waals surface area contributed by atoms with Gasteiger partial charge in [-0.25, -0.2) is 0 Å². The lowest BCUT2D eigenvalue weighted by molar-refractivity contribution is -0.422. The number of hydrogen-bond acceptors (Lipinski definition) is 7. The lowest BCUT2D eigenvalue weighted by Gasteiger charge is -2.07. The van der Waals surface area contributed by atoms with Gasteiger partial charge in [0.25, 0.3) is 0 Å². The molecule has 1 aromatic rings. The van der Waals surface area contributed by atoms with Crippen LogP contribution in [-0.4, -0.2) is 22.9 Å². The summed E-state index contributed by atoms with van der Waals surface area (Å²) < 4.78 is 9.44. The van der Waals surface area contributed by atoms with Crippen LogP contribution in [-0.2, 0) is 4.79 Å². The Labute approximate surface area is 100 Å². The number of rotatable bonds is 4. The van der Waals surface area contributed by atoms with Gasteiger partial charge in [0.15, 0.2) is 11.5 Å². The number of carbonyl (C=O) groups is 1. The van der Waals surface area contributed by atoms with Gasteiger partial charge in [-0.05, 0) is 0 Å². The van der Waals surface area contributed by atoms with Crippen LogP contribution in [0.2, 0.25) is 0 Å². The zero-order chi connectivity index (χ0) is 13.9. The van der Waals surface area contributed by atoms with Crippen LogP contribution in [0.15, 0.2) is 12.1 Å². The van der Waals surface area contributed by atoms with E-state index in [0.717, 1.165) is 19.1 Å². The molecule has 0 N–H and O–H groups in total. The number of nitro benzene ring substituents is 2. The first-order chi connectivity index (χ1) is 8.36. The third-order valence-electron chi connectivity index (χ3n) is 1.91. The molecule has 9 heteroatoms. The van der Waals surface area contributed by atoms with Crippen LogP contribution in [0.4, 0.5) is 11.4 Å². The summed E-state index contributed by atoms with van der Waals surface area (Å²) in [5, 5.41) is 21.3. The minimum absolute atomic E-state index is 0.137. The van der Waals surface area contributed by atoms with Crippen molar-refractivity contribution in [2.75, 3.05) is 7.11 Å². The topological polar surface area (TPSA) is 122 Å². The number of nitro groups is 2. The van der Waals surface area contributed by atoms with E-state index < -0.39 is 27.2 Å². The van der Waals surface area contributed by atoms with Crippen molar-refractivity contribution in [3.05, 3.63) is 32.4 Å². The van der Waals surface area contributed by atoms with Crippen LogP contribution in [0.1, 0.15) is 6.92 Å². The van der Waals surface area contributed by atoms with Gasteiger partial charge in [0.2, 0.25) is 0 Å². The molecule has 0 atom stereocenters. The summed E-state index contributed by atoms with van der Waals surface area (Å²) >= 11 is 0. The Bertz CT molecular complexity index is 526. The summed E-state index contributed by atoms with van der Waals surface area (Å²) in [7, 11) is 1.19. The van der Waals surface area contributed by atoms with Crippen molar-refractivity contribution in [3.8, 4) is 11.5 Å². The zero-order valence-corrected chi connectivity index (χ0v) is 9.41. The highest BCUT2D eigenvalue weighted by Gasteiger charge is 2.28. The molecule has 0 radical (unpaired) electrons. The molecule has 0 unspecified atom stereocenters. The van der Waals surface area contributed by atoms with E-state index in [4.69, 9.17) is 4.74 Å². The highest BCUT2D eigenvalue weighted by molar-refractivity contribution is 5.72. The minimum atomic E-state index is -0.940. The number of esters is 1. The van der Waals surface area contributed by atoms with Crippen LogP contribution >= 0.6 is 0 Å². The van der Waals surface area contributed by atoms with Gasteiger partial charge in [-0.1, -0.05) is 0 Å². The standard InChI is InChI=1S/C9H8N2O7/c1-5(12)18-9-4-7(11(15)16)6(10(13)14)3-8(9)17-2/h3-4H,1-2H3. The molecular weight excluding hydrogens is 248 g/mol. The van der Waals surface area contributed by atoms with Crippen molar-refractivity contribution in [1.82, 2.24) is 0 Å². The Hall–Kier alpha value is -2.71. The van der Waals surface area contributed by atoms with Crippen LogP contribution in [0.5, 0.6) is 11.5 Å². The Morgan fingerprint density at radius 3 is 1.89 bits per heavy atom. The summed E-state index contributed by atoms with van der Waals surface area (Å²) in [5.41, 5.74) is -1.52. The molecule has 0 aromatic heterocycles. The number of ether oxygens (including phenoxy) is 2. The molecule has 1 rings (SSSR count). The Morgan fingerprint density at radius 2 is 1.56 bits per heavy atom. The molecule has 9 nitrogen and oxygen atoms in total. The van der Waals surface area contributed by atoms with Gasteiger partial charge in [0.05, 0.1) is 29.1 Å². The minimum Gasteiger partial charge on any atom is -0.493 e. The average molecular weight is 256 g/mol. The van der Waals surface area contributed by atoms with Gasteiger partial charge in [-0.15, -0.1) is 0 Å². The molecule has 18 heavy (non-hydrogen) atoms. The molecule has 0 aliphatic heterocycles. The van der Waals surface area contributed by atoms with Crippen molar-refractivity contribution in [2.24, 2.45) is 0 Å². The Balaban J connectivity index is 3.45. The van der Waals surface area contributed by atoms with E-state index in [1.165, 1.54) is 7.11 Å². The smallest absolute Gasteiger partial charge is 0.350 e. The third kappa shape index (κ3) is 2.70. The second-order valence-electron chi connectivity index (χ2n) is 3.10. The maximum atomic E-state index is 10.8. The predicted octanol–water partition coefficient (Wildman–Crippen LogP) is 1.44. The van der Waals surface area contributed by atoms with Gasteiger partial charge >= 0.3 is 17.3 Å². The molecule has 0 saturated heterocycles. The van der Waals surface area contributed by atoms with Crippen molar-refractivity contribution >= 4 is 17.3 Å². The van der Waals surface area contributed by atoms with E-state index in [1.54, 1.807) is 0 Å². The SMILES string of the molecule is COc1cc([N+](=O)[O-])c([N+](=O)[O-])cc1OC(C)=O. The Kier molecular flexibility index (Phi) is 3.77. The normalized spacial score (nSPS) is 9.67. The highest BCUT2D eigenvalue weighted by Crippen LogP contribution is 2.38. The lowest BCUT2D eigenvalue weighted by Crippen LogP contribution is -2.05. The molecule has 0 spiro atoms. The summed E-state index contributed by atoms with van der Waals surface area (Å²) in [6.07, 6.45) is 0. The summed E-state index contributed by atoms with van der Waals surface area (Å²) in [6, 6.07) is 1.61. The van der Waals surface area contributed by atoms with Crippen molar-refractivity contribution in [1.29, 1.82) is 0 Å². The van der Waals surface area contributed by atoms with Gasteiger partial charge in [0.1, 0.15) is 0 Å². The summed E-state index contributed by atoms with van der Waals surface area (Å²) in [5.74, 6) is -1.11. The first kappa shape index (κ1) is 13.4. The van der Waals surface area contributed by atoms with Gasteiger partial charge in [-0.3, -0.25) is 25.0 Å². The second kappa shape index (κ2) is 5.08. The molecule has 0 bridgehead atoms. The van der Waals surface area contributed by atoms with Crippen LogP contribution in [0, 0.1) is 20.2 Å². The highest BCUT2D eigenvalue weighted by atomic mass is 16.6. The maximum Gasteiger partial charge on any atom is 0.350 e. The number of nitrogens with zero attached hydrogens (tertiary/aromatic N) is 2. The molecule has 0 fully saturated rings. The third-order valence-corrected chi connectivity index (χ3v) is 1.91. The largest absolute Gasteiger partial charge is 0.493 e. The monoisotopic (exact) mass is 256 g/mol. The summed E-state index contributed by atoms with van der Waals surface area (Å²) in [4.78, 5) is 30.3. The van der Waals surface area contributed by atoms with Crippen LogP contribution < -0.4 is 9.47 Å². The summed E-state index contributed by atoms with van der Waals surface area (Å²) in [6.45, 7) is 1.09. The maximum absolute atomic E-state index is 10.8. The van der Waals surface area contributed by atoms with E-state index in [0.29, 0.717) is 0 Å². The number of methoxy groups -OCH3 is 1. The van der Waals surface area contributed by atoms with Crippen LogP contribution in [0.25, 0.3) is 0 Å². The van der Waals surface area contributed by atoms with E-state index in [9.17, 15) is 25.0 Å². The Morgan fingerprint density at radius 1 is 1.11 bits per heavy atom. The van der Waals surface area contributed by atoms with Gasteiger partial charge in [0, 0.05) is 6.92 Å². The molecule has 96 valence electrons. The lowest BCUT2D eigenvalue weighted by atomic mass is 10.2. The second-order valence-corrected chi connectivity index (χ2v) is 3.10. The molecule has 0 amide bonds. The van der Waals surface area contributed by atoms with E-state index in [2.05, 4.69) is 4.74 Å². The van der Waals surface area contributed by atoms with Gasteiger partial charge in [-0.2, -0.15) is 0 Å².